The minimum absolute atomic E-state index is 0.0437. The number of nitrogens with zero attached hydrogens (tertiary/aromatic N) is 1. The first-order chi connectivity index (χ1) is 6.60. The fraction of sp³-hybridized carbons (Fsp3) is 0.778. The Bertz CT molecular complexity index is 196. The highest BCUT2D eigenvalue weighted by molar-refractivity contribution is 7.80. The van der Waals surface area contributed by atoms with Crippen molar-refractivity contribution in [1.82, 2.24) is 10.2 Å². The van der Waals surface area contributed by atoms with Gasteiger partial charge >= 0.3 is 0 Å². The van der Waals surface area contributed by atoms with Gasteiger partial charge in [-0.1, -0.05) is 19.1 Å². The predicted octanol–water partition coefficient (Wildman–Crippen LogP) is 0.121. The molecule has 0 bridgehead atoms. The standard InChI is InChI=1S/C9H19N3OS/c1-3-12(7-9(13)11-2)6-4-5-8(10)14/h3-7H2,1-2H3,(H2,10,14)(H,11,13). The second-order valence-corrected chi connectivity index (χ2v) is 3.64. The fourth-order valence-electron chi connectivity index (χ4n) is 1.11. The number of carbonyl (C=O) groups is 1. The number of amides is 1. The smallest absolute Gasteiger partial charge is 0.233 e. The molecule has 0 rings (SSSR count). The fourth-order valence-corrected chi connectivity index (χ4v) is 1.25. The van der Waals surface area contributed by atoms with E-state index in [0.717, 1.165) is 25.9 Å². The molecule has 0 radical (unpaired) electrons. The molecular formula is C9H19N3OS. The molecule has 4 nitrogen and oxygen atoms in total. The van der Waals surface area contributed by atoms with Gasteiger partial charge in [0.1, 0.15) is 0 Å². The number of nitrogens with two attached hydrogens (primary N) is 1. The van der Waals surface area contributed by atoms with Gasteiger partial charge in [-0.3, -0.25) is 9.69 Å². The lowest BCUT2D eigenvalue weighted by Crippen LogP contribution is -2.36. The Morgan fingerprint density at radius 3 is 2.64 bits per heavy atom. The first-order valence-electron chi connectivity index (χ1n) is 4.81. The van der Waals surface area contributed by atoms with Crippen LogP contribution in [0.5, 0.6) is 0 Å². The van der Waals surface area contributed by atoms with Gasteiger partial charge in [-0.25, -0.2) is 0 Å². The molecule has 0 atom stereocenters. The van der Waals surface area contributed by atoms with Crippen LogP contribution in [-0.4, -0.2) is 42.5 Å². The summed E-state index contributed by atoms with van der Waals surface area (Å²) in [4.78, 5) is 13.7. The molecule has 0 aliphatic carbocycles. The summed E-state index contributed by atoms with van der Waals surface area (Å²) in [5, 5.41) is 2.60. The van der Waals surface area contributed by atoms with E-state index in [4.69, 9.17) is 18.0 Å². The maximum Gasteiger partial charge on any atom is 0.233 e. The van der Waals surface area contributed by atoms with Gasteiger partial charge in [0.2, 0.25) is 5.91 Å². The van der Waals surface area contributed by atoms with Crippen LogP contribution in [0.25, 0.3) is 0 Å². The van der Waals surface area contributed by atoms with Crippen molar-refractivity contribution in [2.75, 3.05) is 26.7 Å². The van der Waals surface area contributed by atoms with Crippen molar-refractivity contribution in [1.29, 1.82) is 0 Å². The number of hydrogen-bond acceptors (Lipinski definition) is 3. The van der Waals surface area contributed by atoms with Crippen molar-refractivity contribution < 1.29 is 4.79 Å². The summed E-state index contributed by atoms with van der Waals surface area (Å²) >= 11 is 4.77. The van der Waals surface area contributed by atoms with Gasteiger partial charge in [0.15, 0.2) is 0 Å². The maximum absolute atomic E-state index is 11.1. The van der Waals surface area contributed by atoms with Gasteiger partial charge in [-0.2, -0.15) is 0 Å². The summed E-state index contributed by atoms with van der Waals surface area (Å²) in [5.74, 6) is 0.0437. The number of rotatable bonds is 7. The molecule has 3 N–H and O–H groups in total. The molecular weight excluding hydrogens is 198 g/mol. The molecule has 0 aromatic heterocycles. The summed E-state index contributed by atoms with van der Waals surface area (Å²) in [7, 11) is 1.64. The average Bonchev–Trinajstić information content (AvgIpc) is 2.15. The van der Waals surface area contributed by atoms with Crippen LogP contribution in [0.3, 0.4) is 0 Å². The molecule has 0 saturated heterocycles. The second-order valence-electron chi connectivity index (χ2n) is 3.11. The Hall–Kier alpha value is -0.680. The zero-order valence-corrected chi connectivity index (χ0v) is 9.69. The molecule has 1 amide bonds. The van der Waals surface area contributed by atoms with Gasteiger partial charge in [0, 0.05) is 7.05 Å². The van der Waals surface area contributed by atoms with E-state index >= 15 is 0 Å². The molecule has 14 heavy (non-hydrogen) atoms. The molecule has 0 heterocycles. The average molecular weight is 217 g/mol. The highest BCUT2D eigenvalue weighted by Crippen LogP contribution is 1.95. The molecule has 0 aliphatic rings. The first kappa shape index (κ1) is 13.3. The van der Waals surface area contributed by atoms with Crippen LogP contribution >= 0.6 is 12.2 Å². The molecule has 0 unspecified atom stereocenters. The predicted molar refractivity (Wildman–Crippen MR) is 62.2 cm³/mol. The van der Waals surface area contributed by atoms with Crippen LogP contribution in [0.15, 0.2) is 0 Å². The van der Waals surface area contributed by atoms with Crippen LogP contribution in [0.1, 0.15) is 19.8 Å². The molecule has 0 aliphatic heterocycles. The first-order valence-corrected chi connectivity index (χ1v) is 5.22. The van der Waals surface area contributed by atoms with Gasteiger partial charge in [-0.15, -0.1) is 0 Å². The monoisotopic (exact) mass is 217 g/mol. The lowest BCUT2D eigenvalue weighted by molar-refractivity contribution is -0.121. The van der Waals surface area contributed by atoms with Gasteiger partial charge in [0.05, 0.1) is 11.5 Å². The van der Waals surface area contributed by atoms with Crippen LogP contribution in [-0.2, 0) is 4.79 Å². The molecule has 5 heteroatoms. The third-order valence-electron chi connectivity index (χ3n) is 1.99. The second kappa shape index (κ2) is 7.70. The van der Waals surface area contributed by atoms with E-state index in [0.29, 0.717) is 11.5 Å². The maximum atomic E-state index is 11.1. The van der Waals surface area contributed by atoms with E-state index in [1.807, 2.05) is 6.92 Å². The topological polar surface area (TPSA) is 58.4 Å². The summed E-state index contributed by atoms with van der Waals surface area (Å²) in [5.41, 5.74) is 5.38. The van der Waals surface area contributed by atoms with Crippen LogP contribution in [0.4, 0.5) is 0 Å². The lowest BCUT2D eigenvalue weighted by atomic mass is 10.3. The summed E-state index contributed by atoms with van der Waals surface area (Å²) in [6.07, 6.45) is 1.67. The Morgan fingerprint density at radius 2 is 2.21 bits per heavy atom. The van der Waals surface area contributed by atoms with E-state index in [-0.39, 0.29) is 5.91 Å². The summed E-state index contributed by atoms with van der Waals surface area (Å²) in [6.45, 7) is 4.21. The quantitative estimate of drug-likeness (QED) is 0.595. The van der Waals surface area contributed by atoms with Crippen LogP contribution in [0, 0.1) is 0 Å². The molecule has 82 valence electrons. The SMILES string of the molecule is CCN(CCCC(N)=S)CC(=O)NC. The number of thiocarbonyl (C=S) groups is 1. The Kier molecular flexibility index (Phi) is 7.32. The zero-order chi connectivity index (χ0) is 11.0. The zero-order valence-electron chi connectivity index (χ0n) is 8.88. The van der Waals surface area contributed by atoms with Crippen LogP contribution in [0.2, 0.25) is 0 Å². The van der Waals surface area contributed by atoms with Crippen molar-refractivity contribution in [2.24, 2.45) is 5.73 Å². The molecule has 0 aromatic rings. The van der Waals surface area contributed by atoms with Gasteiger partial charge in [-0.05, 0) is 25.9 Å². The lowest BCUT2D eigenvalue weighted by Gasteiger charge is -2.18. The van der Waals surface area contributed by atoms with Gasteiger partial charge in [0.25, 0.3) is 0 Å². The third-order valence-corrected chi connectivity index (χ3v) is 2.19. The highest BCUT2D eigenvalue weighted by atomic mass is 32.1. The normalized spacial score (nSPS) is 10.2. The largest absolute Gasteiger partial charge is 0.393 e. The number of hydrogen-bond donors (Lipinski definition) is 2. The van der Waals surface area contributed by atoms with E-state index in [2.05, 4.69) is 10.2 Å². The van der Waals surface area contributed by atoms with Crippen LogP contribution < -0.4 is 11.1 Å². The Morgan fingerprint density at radius 1 is 1.57 bits per heavy atom. The van der Waals surface area contributed by atoms with E-state index < -0.39 is 0 Å². The van der Waals surface area contributed by atoms with Crippen molar-refractivity contribution in [2.45, 2.75) is 19.8 Å². The molecule has 0 aromatic carbocycles. The Balaban J connectivity index is 3.68. The van der Waals surface area contributed by atoms with Crippen molar-refractivity contribution in [3.63, 3.8) is 0 Å². The van der Waals surface area contributed by atoms with Crippen molar-refractivity contribution >= 4 is 23.1 Å². The number of nitrogens with one attached hydrogen (secondary N) is 1. The van der Waals surface area contributed by atoms with Crippen molar-refractivity contribution in [3.8, 4) is 0 Å². The Labute approximate surface area is 90.8 Å². The molecule has 0 fully saturated rings. The van der Waals surface area contributed by atoms with E-state index in [1.165, 1.54) is 0 Å². The van der Waals surface area contributed by atoms with Crippen molar-refractivity contribution in [3.05, 3.63) is 0 Å². The minimum atomic E-state index is 0.0437. The van der Waals surface area contributed by atoms with Gasteiger partial charge < -0.3 is 11.1 Å². The minimum Gasteiger partial charge on any atom is -0.393 e. The summed E-state index contributed by atoms with van der Waals surface area (Å²) < 4.78 is 0. The highest BCUT2D eigenvalue weighted by Gasteiger charge is 2.06. The van der Waals surface area contributed by atoms with E-state index in [1.54, 1.807) is 7.05 Å². The molecule has 0 spiro atoms. The summed E-state index contributed by atoms with van der Waals surface area (Å²) in [6, 6.07) is 0. The number of carbonyl (C=O) groups excluding carboxylic acids is 1. The van der Waals surface area contributed by atoms with E-state index in [9.17, 15) is 4.79 Å². The molecule has 0 saturated carbocycles. The third kappa shape index (κ3) is 6.80. The number of likely N-dealkylation sites (N-methyl/N-ethyl adjacent to an activating group) is 2.